The lowest BCUT2D eigenvalue weighted by molar-refractivity contribution is -0.0329. The molecule has 1 aromatic rings. The lowest BCUT2D eigenvalue weighted by atomic mass is 10.7. The Kier molecular flexibility index (Phi) is 2.85. The number of thioether (sulfide) groups is 1. The van der Waals surface area contributed by atoms with Crippen LogP contribution in [0.1, 0.15) is 0 Å². The predicted octanol–water partition coefficient (Wildman–Crippen LogP) is 3.93. The van der Waals surface area contributed by atoms with Crippen molar-refractivity contribution < 1.29 is 13.2 Å². The fraction of sp³-hybridized carbons (Fsp3) is 0.200. The molecule has 1 nitrogen and oxygen atoms in total. The van der Waals surface area contributed by atoms with E-state index in [2.05, 4.69) is 4.98 Å². The lowest BCUT2D eigenvalue weighted by Crippen LogP contribution is -1.98. The van der Waals surface area contributed by atoms with Crippen LogP contribution >= 0.6 is 35.0 Å². The molecule has 0 aliphatic carbocycles. The molecule has 0 aliphatic rings. The van der Waals surface area contributed by atoms with Gasteiger partial charge in [-0.05, 0) is 6.07 Å². The molecule has 0 spiro atoms. The van der Waals surface area contributed by atoms with Crippen molar-refractivity contribution in [2.24, 2.45) is 0 Å². The van der Waals surface area contributed by atoms with Gasteiger partial charge in [-0.3, -0.25) is 0 Å². The topological polar surface area (TPSA) is 15.8 Å². The number of rotatable bonds is 1. The number of alkyl halides is 3. The van der Waals surface area contributed by atoms with Crippen molar-refractivity contribution >= 4 is 35.0 Å². The SMILES string of the molecule is FC(F)(F)Sc1cc(Cl)c(Cl)[nH]1. The highest BCUT2D eigenvalue weighted by Gasteiger charge is 2.30. The van der Waals surface area contributed by atoms with Gasteiger partial charge >= 0.3 is 5.51 Å². The van der Waals surface area contributed by atoms with E-state index in [1.807, 2.05) is 0 Å². The zero-order valence-corrected chi connectivity index (χ0v) is 7.70. The van der Waals surface area contributed by atoms with Gasteiger partial charge in [-0.1, -0.05) is 23.2 Å². The minimum atomic E-state index is -4.32. The van der Waals surface area contributed by atoms with Gasteiger partial charge in [-0.25, -0.2) is 0 Å². The van der Waals surface area contributed by atoms with Crippen molar-refractivity contribution in [3.8, 4) is 0 Å². The zero-order chi connectivity index (χ0) is 9.35. The van der Waals surface area contributed by atoms with E-state index in [1.165, 1.54) is 0 Å². The maximum absolute atomic E-state index is 11.7. The van der Waals surface area contributed by atoms with Gasteiger partial charge in [-0.2, -0.15) is 13.2 Å². The van der Waals surface area contributed by atoms with Crippen molar-refractivity contribution in [1.29, 1.82) is 0 Å². The Morgan fingerprint density at radius 1 is 1.33 bits per heavy atom. The summed E-state index contributed by atoms with van der Waals surface area (Å²) in [6.45, 7) is 0. The summed E-state index contributed by atoms with van der Waals surface area (Å²) in [5.74, 6) is 0. The van der Waals surface area contributed by atoms with Crippen LogP contribution < -0.4 is 0 Å². The van der Waals surface area contributed by atoms with Crippen LogP contribution in [-0.4, -0.2) is 10.5 Å². The fourth-order valence-corrected chi connectivity index (χ4v) is 1.57. The normalized spacial score (nSPS) is 12.1. The maximum atomic E-state index is 11.7. The van der Waals surface area contributed by atoms with Crippen LogP contribution in [0.2, 0.25) is 10.2 Å². The van der Waals surface area contributed by atoms with Crippen LogP contribution in [0, 0.1) is 0 Å². The van der Waals surface area contributed by atoms with E-state index in [0.29, 0.717) is 0 Å². The number of hydrogen-bond donors (Lipinski definition) is 1. The second-order valence-corrected chi connectivity index (χ2v) is 3.74. The molecule has 0 saturated carbocycles. The molecular weight excluding hydrogens is 234 g/mol. The molecule has 0 amide bonds. The molecule has 0 saturated heterocycles. The quantitative estimate of drug-likeness (QED) is 0.730. The van der Waals surface area contributed by atoms with E-state index >= 15 is 0 Å². The Bertz CT molecular complexity index is 263. The maximum Gasteiger partial charge on any atom is 0.447 e. The number of H-pyrrole nitrogens is 1. The van der Waals surface area contributed by atoms with Crippen LogP contribution in [0.15, 0.2) is 11.1 Å². The Balaban J connectivity index is 2.77. The van der Waals surface area contributed by atoms with Gasteiger partial charge in [0.05, 0.1) is 10.0 Å². The molecule has 12 heavy (non-hydrogen) atoms. The number of nitrogens with one attached hydrogen (secondary N) is 1. The third-order valence-corrected chi connectivity index (χ3v) is 2.29. The zero-order valence-electron chi connectivity index (χ0n) is 5.38. The molecule has 0 atom stereocenters. The first-order valence-corrected chi connectivity index (χ1v) is 4.25. The van der Waals surface area contributed by atoms with Crippen LogP contribution in [0.4, 0.5) is 13.2 Å². The summed E-state index contributed by atoms with van der Waals surface area (Å²) in [6, 6.07) is 1.13. The van der Waals surface area contributed by atoms with Gasteiger partial charge in [0.1, 0.15) is 5.15 Å². The fourth-order valence-electron chi connectivity index (χ4n) is 0.562. The highest BCUT2D eigenvalue weighted by molar-refractivity contribution is 8.00. The Morgan fingerprint density at radius 2 is 1.92 bits per heavy atom. The molecule has 7 heteroatoms. The third-order valence-electron chi connectivity index (χ3n) is 0.926. The molecular formula is C5H2Cl2F3NS. The van der Waals surface area contributed by atoms with E-state index in [0.717, 1.165) is 6.07 Å². The summed E-state index contributed by atoms with van der Waals surface area (Å²) < 4.78 is 35.2. The van der Waals surface area contributed by atoms with Crippen LogP contribution in [0.5, 0.6) is 0 Å². The number of aromatic amines is 1. The summed E-state index contributed by atoms with van der Waals surface area (Å²) in [5.41, 5.74) is -4.32. The van der Waals surface area contributed by atoms with Gasteiger partial charge < -0.3 is 4.98 Å². The van der Waals surface area contributed by atoms with E-state index < -0.39 is 5.51 Å². The molecule has 1 heterocycles. The van der Waals surface area contributed by atoms with Crippen molar-refractivity contribution in [3.63, 3.8) is 0 Å². The molecule has 0 fully saturated rings. The van der Waals surface area contributed by atoms with Gasteiger partial charge in [-0.15, -0.1) is 0 Å². The van der Waals surface area contributed by atoms with Crippen molar-refractivity contribution in [1.82, 2.24) is 4.98 Å². The van der Waals surface area contributed by atoms with E-state index in [1.54, 1.807) is 0 Å². The summed E-state index contributed by atoms with van der Waals surface area (Å²) in [6.07, 6.45) is 0. The first-order valence-electron chi connectivity index (χ1n) is 2.68. The van der Waals surface area contributed by atoms with E-state index in [4.69, 9.17) is 23.2 Å². The lowest BCUT2D eigenvalue weighted by Gasteiger charge is -2.01. The molecule has 68 valence electrons. The van der Waals surface area contributed by atoms with Gasteiger partial charge in [0.25, 0.3) is 0 Å². The first kappa shape index (κ1) is 10.1. The second-order valence-electron chi connectivity index (χ2n) is 1.84. The predicted molar refractivity (Wildman–Crippen MR) is 42.7 cm³/mol. The summed E-state index contributed by atoms with van der Waals surface area (Å²) in [5, 5.41) is -0.00988. The van der Waals surface area contributed by atoms with Crippen LogP contribution in [-0.2, 0) is 0 Å². The number of aromatic nitrogens is 1. The smallest absolute Gasteiger partial charge is 0.339 e. The van der Waals surface area contributed by atoms with E-state index in [9.17, 15) is 13.2 Å². The molecule has 1 rings (SSSR count). The van der Waals surface area contributed by atoms with Crippen molar-refractivity contribution in [2.75, 3.05) is 0 Å². The van der Waals surface area contributed by atoms with Crippen molar-refractivity contribution in [3.05, 3.63) is 16.2 Å². The molecule has 1 aromatic heterocycles. The van der Waals surface area contributed by atoms with Crippen molar-refractivity contribution in [2.45, 2.75) is 10.5 Å². The number of halogens is 5. The number of hydrogen-bond acceptors (Lipinski definition) is 1. The standard InChI is InChI=1S/C5H2Cl2F3NS/c6-2-1-3(11-4(2)7)12-5(8,9)10/h1,11H. The minimum absolute atomic E-state index is 0.0171. The third kappa shape index (κ3) is 2.80. The Labute approximate surface area is 80.2 Å². The largest absolute Gasteiger partial charge is 0.447 e. The minimum Gasteiger partial charge on any atom is -0.339 e. The summed E-state index contributed by atoms with van der Waals surface area (Å²) in [4.78, 5) is 2.28. The monoisotopic (exact) mass is 235 g/mol. The molecule has 0 radical (unpaired) electrons. The van der Waals surface area contributed by atoms with Gasteiger partial charge in [0.15, 0.2) is 0 Å². The molecule has 0 aromatic carbocycles. The first-order chi connectivity index (χ1) is 5.38. The van der Waals surface area contributed by atoms with Crippen LogP contribution in [0.3, 0.4) is 0 Å². The van der Waals surface area contributed by atoms with Gasteiger partial charge in [0.2, 0.25) is 0 Å². The average Bonchev–Trinajstić information content (AvgIpc) is 2.07. The highest BCUT2D eigenvalue weighted by atomic mass is 35.5. The Morgan fingerprint density at radius 3 is 2.25 bits per heavy atom. The summed E-state index contributed by atoms with van der Waals surface area (Å²) in [7, 11) is 0. The van der Waals surface area contributed by atoms with E-state index in [-0.39, 0.29) is 27.0 Å². The molecule has 1 N–H and O–H groups in total. The Hall–Kier alpha value is -0.000000000000000111. The second kappa shape index (κ2) is 3.40. The highest BCUT2D eigenvalue weighted by Crippen LogP contribution is 2.38. The van der Waals surface area contributed by atoms with Crippen LogP contribution in [0.25, 0.3) is 0 Å². The summed E-state index contributed by atoms with van der Waals surface area (Å²) >= 11 is 10.5. The molecule has 0 aliphatic heterocycles. The molecule has 0 unspecified atom stereocenters. The average molecular weight is 236 g/mol. The molecule has 0 bridgehead atoms. The van der Waals surface area contributed by atoms with Gasteiger partial charge in [0, 0.05) is 11.8 Å².